The van der Waals surface area contributed by atoms with Gasteiger partial charge in [0, 0.05) is 18.8 Å². The molecule has 0 aliphatic heterocycles. The number of aliphatic hydroxyl groups excluding tert-OH is 1. The second-order valence-electron chi connectivity index (χ2n) is 5.78. The lowest BCUT2D eigenvalue weighted by molar-refractivity contribution is 0.141. The second-order valence-corrected chi connectivity index (χ2v) is 5.78. The maximum atomic E-state index is 9.45. The summed E-state index contributed by atoms with van der Waals surface area (Å²) in [5.41, 5.74) is 2.52. The lowest BCUT2D eigenvalue weighted by atomic mass is 9.79. The van der Waals surface area contributed by atoms with Crippen molar-refractivity contribution in [3.8, 4) is 6.07 Å². The molecule has 0 aromatic carbocycles. The summed E-state index contributed by atoms with van der Waals surface area (Å²) in [6.07, 6.45) is 4.69. The third kappa shape index (κ3) is 3.29. The molecule has 0 amide bonds. The molecule has 0 bridgehead atoms. The third-order valence-corrected chi connectivity index (χ3v) is 4.29. The number of nitrogens with zero attached hydrogens (tertiary/aromatic N) is 2. The summed E-state index contributed by atoms with van der Waals surface area (Å²) in [6.45, 7) is 4.93. The average molecular weight is 273 g/mol. The first-order valence-corrected chi connectivity index (χ1v) is 7.38. The van der Waals surface area contributed by atoms with Gasteiger partial charge in [-0.15, -0.1) is 0 Å². The van der Waals surface area contributed by atoms with Crippen LogP contribution in [0.4, 0.5) is 5.82 Å². The van der Waals surface area contributed by atoms with Crippen LogP contribution in [0.3, 0.4) is 0 Å². The first kappa shape index (κ1) is 14.8. The molecule has 1 aromatic rings. The zero-order valence-corrected chi connectivity index (χ0v) is 12.3. The Morgan fingerprint density at radius 1 is 1.35 bits per heavy atom. The first-order chi connectivity index (χ1) is 9.65. The summed E-state index contributed by atoms with van der Waals surface area (Å²) < 4.78 is 0. The predicted molar refractivity (Wildman–Crippen MR) is 79.4 cm³/mol. The monoisotopic (exact) mass is 273 g/mol. The Labute approximate surface area is 120 Å². The van der Waals surface area contributed by atoms with Gasteiger partial charge < -0.3 is 10.4 Å². The summed E-state index contributed by atoms with van der Waals surface area (Å²) in [5.74, 6) is 1.54. The zero-order chi connectivity index (χ0) is 14.5. The van der Waals surface area contributed by atoms with Crippen LogP contribution in [-0.4, -0.2) is 23.2 Å². The van der Waals surface area contributed by atoms with Crippen LogP contribution in [0.25, 0.3) is 0 Å². The molecule has 1 saturated carbocycles. The van der Waals surface area contributed by atoms with Crippen LogP contribution >= 0.6 is 0 Å². The van der Waals surface area contributed by atoms with Crippen LogP contribution in [0.15, 0.2) is 6.07 Å². The Bertz CT molecular complexity index is 507. The predicted octanol–water partition coefficient (Wildman–Crippen LogP) is 2.78. The summed E-state index contributed by atoms with van der Waals surface area (Å²) in [5, 5.41) is 22.0. The number of aromatic nitrogens is 1. The van der Waals surface area contributed by atoms with Gasteiger partial charge in [0.1, 0.15) is 11.9 Å². The number of aryl methyl sites for hydroxylation is 2. The number of hydrogen-bond donors (Lipinski definition) is 2. The van der Waals surface area contributed by atoms with Gasteiger partial charge in [0.2, 0.25) is 0 Å². The van der Waals surface area contributed by atoms with E-state index in [1.54, 1.807) is 0 Å². The molecule has 20 heavy (non-hydrogen) atoms. The highest BCUT2D eigenvalue weighted by Crippen LogP contribution is 2.30. The van der Waals surface area contributed by atoms with Crippen molar-refractivity contribution in [1.29, 1.82) is 5.26 Å². The normalized spacial score (nSPS) is 22.3. The topological polar surface area (TPSA) is 68.9 Å². The van der Waals surface area contributed by atoms with Crippen LogP contribution in [0.1, 0.15) is 42.5 Å². The first-order valence-electron chi connectivity index (χ1n) is 7.38. The summed E-state index contributed by atoms with van der Waals surface area (Å²) in [6, 6.07) is 4.16. The van der Waals surface area contributed by atoms with Crippen molar-refractivity contribution >= 4 is 5.82 Å². The number of hydrogen-bond acceptors (Lipinski definition) is 4. The average Bonchev–Trinajstić information content (AvgIpc) is 2.45. The molecule has 2 atom stereocenters. The summed E-state index contributed by atoms with van der Waals surface area (Å²) in [4.78, 5) is 4.44. The fraction of sp³-hybridized carbons (Fsp3) is 0.625. The molecule has 1 heterocycles. The molecule has 1 fully saturated rings. The quantitative estimate of drug-likeness (QED) is 0.885. The molecule has 108 valence electrons. The Hall–Kier alpha value is -1.60. The van der Waals surface area contributed by atoms with E-state index < -0.39 is 0 Å². The van der Waals surface area contributed by atoms with Gasteiger partial charge in [-0.2, -0.15) is 5.26 Å². The Balaban J connectivity index is 2.09. The molecule has 4 nitrogen and oxygen atoms in total. The van der Waals surface area contributed by atoms with Crippen molar-refractivity contribution in [2.75, 3.05) is 18.5 Å². The van der Waals surface area contributed by atoms with Crippen molar-refractivity contribution in [2.45, 2.75) is 39.5 Å². The van der Waals surface area contributed by atoms with Crippen molar-refractivity contribution in [1.82, 2.24) is 4.98 Å². The van der Waals surface area contributed by atoms with Crippen LogP contribution in [-0.2, 0) is 0 Å². The van der Waals surface area contributed by atoms with Gasteiger partial charge in [-0.3, -0.25) is 0 Å². The number of aliphatic hydroxyl groups is 1. The molecule has 1 aliphatic rings. The standard InChI is InChI=1S/C16H23N3O/c1-11-7-12(2)19-16(15(11)8-17)18-9-13-5-3-4-6-14(13)10-20/h7,13-14,20H,3-6,9-10H2,1-2H3,(H,18,19). The van der Waals surface area contributed by atoms with Crippen molar-refractivity contribution in [3.63, 3.8) is 0 Å². The van der Waals surface area contributed by atoms with Crippen LogP contribution in [0, 0.1) is 37.0 Å². The SMILES string of the molecule is Cc1cc(C)c(C#N)c(NCC2CCCCC2CO)n1. The maximum Gasteiger partial charge on any atom is 0.144 e. The Kier molecular flexibility index (Phi) is 4.97. The van der Waals surface area contributed by atoms with Gasteiger partial charge in [0.25, 0.3) is 0 Å². The van der Waals surface area contributed by atoms with Crippen LogP contribution in [0.2, 0.25) is 0 Å². The van der Waals surface area contributed by atoms with E-state index >= 15 is 0 Å². The van der Waals surface area contributed by atoms with E-state index in [1.165, 1.54) is 12.8 Å². The second kappa shape index (κ2) is 6.71. The molecule has 0 saturated heterocycles. The lowest BCUT2D eigenvalue weighted by Crippen LogP contribution is -2.29. The molecule has 1 aliphatic carbocycles. The molecular formula is C16H23N3O. The summed E-state index contributed by atoms with van der Waals surface area (Å²) in [7, 11) is 0. The smallest absolute Gasteiger partial charge is 0.144 e. The van der Waals surface area contributed by atoms with Crippen LogP contribution < -0.4 is 5.32 Å². The molecule has 4 heteroatoms. The Morgan fingerprint density at radius 3 is 2.70 bits per heavy atom. The fourth-order valence-electron chi connectivity index (χ4n) is 3.13. The molecule has 0 radical (unpaired) electrons. The zero-order valence-electron chi connectivity index (χ0n) is 12.3. The minimum Gasteiger partial charge on any atom is -0.396 e. The van der Waals surface area contributed by atoms with Crippen LogP contribution in [0.5, 0.6) is 0 Å². The van der Waals surface area contributed by atoms with E-state index in [4.69, 9.17) is 0 Å². The number of anilines is 1. The fourth-order valence-corrected chi connectivity index (χ4v) is 3.13. The van der Waals surface area contributed by atoms with Gasteiger partial charge in [0.05, 0.1) is 5.56 Å². The van der Waals surface area contributed by atoms with Gasteiger partial charge in [-0.1, -0.05) is 12.8 Å². The number of nitriles is 1. The van der Waals surface area contributed by atoms with Gasteiger partial charge in [-0.25, -0.2) is 4.98 Å². The molecule has 1 aromatic heterocycles. The number of rotatable bonds is 4. The van der Waals surface area contributed by atoms with E-state index in [2.05, 4.69) is 16.4 Å². The van der Waals surface area contributed by atoms with E-state index in [1.807, 2.05) is 19.9 Å². The van der Waals surface area contributed by atoms with Crippen molar-refractivity contribution in [2.24, 2.45) is 11.8 Å². The Morgan fingerprint density at radius 2 is 2.05 bits per heavy atom. The largest absolute Gasteiger partial charge is 0.396 e. The van der Waals surface area contributed by atoms with E-state index in [-0.39, 0.29) is 6.61 Å². The molecule has 2 N–H and O–H groups in total. The highest BCUT2D eigenvalue weighted by Gasteiger charge is 2.24. The van der Waals surface area contributed by atoms with Gasteiger partial charge in [-0.05, 0) is 50.2 Å². The van der Waals surface area contributed by atoms with Gasteiger partial charge >= 0.3 is 0 Å². The van der Waals surface area contributed by atoms with Crippen molar-refractivity contribution in [3.05, 3.63) is 22.9 Å². The van der Waals surface area contributed by atoms with Gasteiger partial charge in [0.15, 0.2) is 0 Å². The van der Waals surface area contributed by atoms with Crippen molar-refractivity contribution < 1.29 is 5.11 Å². The highest BCUT2D eigenvalue weighted by molar-refractivity contribution is 5.56. The minimum atomic E-state index is 0.262. The highest BCUT2D eigenvalue weighted by atomic mass is 16.3. The molecule has 0 spiro atoms. The maximum absolute atomic E-state index is 9.45. The van der Waals surface area contributed by atoms with E-state index in [9.17, 15) is 10.4 Å². The number of nitrogens with one attached hydrogen (secondary N) is 1. The van der Waals surface area contributed by atoms with E-state index in [0.717, 1.165) is 30.6 Å². The van der Waals surface area contributed by atoms with E-state index in [0.29, 0.717) is 23.2 Å². The minimum absolute atomic E-state index is 0.262. The molecular weight excluding hydrogens is 250 g/mol. The summed E-state index contributed by atoms with van der Waals surface area (Å²) >= 11 is 0. The lowest BCUT2D eigenvalue weighted by Gasteiger charge is -2.30. The molecule has 2 rings (SSSR count). The number of pyridine rings is 1. The third-order valence-electron chi connectivity index (χ3n) is 4.29. The molecule has 2 unspecified atom stereocenters.